The number of nitrogens with zero attached hydrogens (tertiary/aromatic N) is 3. The van der Waals surface area contributed by atoms with Gasteiger partial charge in [0.1, 0.15) is 5.52 Å². The van der Waals surface area contributed by atoms with Crippen molar-refractivity contribution < 1.29 is 17.1 Å². The van der Waals surface area contributed by atoms with Crippen LogP contribution in [-0.4, -0.2) is 9.97 Å². The number of nitrogens with two attached hydrogens (primary N) is 2. The number of fused-ring (bicyclic) bond motifs is 2. The van der Waals surface area contributed by atoms with E-state index in [4.69, 9.17) is 11.6 Å². The van der Waals surface area contributed by atoms with Crippen molar-refractivity contribution in [2.75, 3.05) is 11.6 Å². The molecule has 0 saturated heterocycles. The highest BCUT2D eigenvalue weighted by Gasteiger charge is 2.17. The molecule has 2 heterocycles. The summed E-state index contributed by atoms with van der Waals surface area (Å²) in [6, 6.07) is 4.05. The highest BCUT2D eigenvalue weighted by Crippen LogP contribution is 2.22. The monoisotopic (exact) mass is 281 g/mol. The molecule has 0 bridgehead atoms. The summed E-state index contributed by atoms with van der Waals surface area (Å²) >= 11 is 1.35. The third-order valence-corrected chi connectivity index (χ3v) is 3.77. The van der Waals surface area contributed by atoms with E-state index in [2.05, 4.69) is 23.8 Å². The minimum atomic E-state index is 0. The molecule has 3 rings (SSSR count). The molecule has 94 valence electrons. The Morgan fingerprint density at radius 1 is 1.11 bits per heavy atom. The van der Waals surface area contributed by atoms with E-state index in [1.165, 1.54) is 27.1 Å². The second kappa shape index (κ2) is 4.22. The first-order valence-electron chi connectivity index (χ1n) is 5.20. The fourth-order valence-corrected chi connectivity index (χ4v) is 2.53. The maximum absolute atomic E-state index is 5.80. The Labute approximate surface area is 114 Å². The lowest BCUT2D eigenvalue weighted by molar-refractivity contribution is -0.594. The average Bonchev–Trinajstić information content (AvgIpc) is 2.54. The van der Waals surface area contributed by atoms with Gasteiger partial charge in [-0.2, -0.15) is 0 Å². The second-order valence-electron chi connectivity index (χ2n) is 4.09. The van der Waals surface area contributed by atoms with E-state index >= 15 is 0 Å². The van der Waals surface area contributed by atoms with Gasteiger partial charge in [-0.25, -0.2) is 4.98 Å². The lowest BCUT2D eigenvalue weighted by Crippen LogP contribution is -3.00. The van der Waals surface area contributed by atoms with Crippen LogP contribution in [0.2, 0.25) is 0 Å². The summed E-state index contributed by atoms with van der Waals surface area (Å²) in [7, 11) is 0. The number of aromatic nitrogens is 3. The van der Waals surface area contributed by atoms with E-state index in [-0.39, 0.29) is 12.4 Å². The lowest BCUT2D eigenvalue weighted by atomic mass is 10.1. The molecule has 2 aromatic heterocycles. The van der Waals surface area contributed by atoms with Crippen LogP contribution in [0.1, 0.15) is 11.1 Å². The number of rotatable bonds is 0. The minimum absolute atomic E-state index is 0. The SMILES string of the molecule is Cc1cc2nc3sc(N)[n+](N)c3nc2cc1C.[Cl-]. The van der Waals surface area contributed by atoms with Crippen LogP contribution in [0.15, 0.2) is 12.1 Å². The maximum atomic E-state index is 5.80. The summed E-state index contributed by atoms with van der Waals surface area (Å²) in [6.45, 7) is 4.12. The van der Waals surface area contributed by atoms with Crippen molar-refractivity contribution in [1.29, 1.82) is 0 Å². The Kier molecular flexibility index (Phi) is 3.00. The van der Waals surface area contributed by atoms with E-state index in [0.717, 1.165) is 15.9 Å². The fourth-order valence-electron chi connectivity index (χ4n) is 1.76. The Bertz CT molecular complexity index is 752. The van der Waals surface area contributed by atoms with Crippen molar-refractivity contribution in [3.63, 3.8) is 0 Å². The quantitative estimate of drug-likeness (QED) is 0.371. The first-order valence-corrected chi connectivity index (χ1v) is 6.02. The molecule has 0 saturated carbocycles. The number of halogens is 1. The first kappa shape index (κ1) is 12.8. The molecule has 0 unspecified atom stereocenters. The van der Waals surface area contributed by atoms with Crippen LogP contribution in [0.5, 0.6) is 0 Å². The van der Waals surface area contributed by atoms with E-state index in [0.29, 0.717) is 10.8 Å². The summed E-state index contributed by atoms with van der Waals surface area (Å²) in [4.78, 5) is 9.81. The van der Waals surface area contributed by atoms with Crippen molar-refractivity contribution in [1.82, 2.24) is 9.97 Å². The molecule has 0 aliphatic heterocycles. The lowest BCUT2D eigenvalue weighted by Gasteiger charge is -1.99. The predicted molar refractivity (Wildman–Crippen MR) is 69.2 cm³/mol. The molecule has 18 heavy (non-hydrogen) atoms. The number of nitrogen functional groups attached to an aromatic ring is 2. The van der Waals surface area contributed by atoms with Crippen LogP contribution in [-0.2, 0) is 0 Å². The predicted octanol–water partition coefficient (Wildman–Crippen LogP) is -1.95. The van der Waals surface area contributed by atoms with Gasteiger partial charge in [-0.3, -0.25) is 5.84 Å². The number of hydrogen-bond acceptors (Lipinski definition) is 5. The zero-order valence-corrected chi connectivity index (χ0v) is 11.5. The highest BCUT2D eigenvalue weighted by molar-refractivity contribution is 7.21. The normalized spacial score (nSPS) is 10.8. The molecule has 0 fully saturated rings. The van der Waals surface area contributed by atoms with Crippen molar-refractivity contribution in [2.24, 2.45) is 0 Å². The summed E-state index contributed by atoms with van der Waals surface area (Å²) in [5.41, 5.74) is 10.5. The summed E-state index contributed by atoms with van der Waals surface area (Å²) in [6.07, 6.45) is 0. The summed E-state index contributed by atoms with van der Waals surface area (Å²) in [5.74, 6) is 5.80. The van der Waals surface area contributed by atoms with Gasteiger partial charge in [0.05, 0.1) is 0 Å². The van der Waals surface area contributed by atoms with Crippen molar-refractivity contribution in [3.8, 4) is 0 Å². The van der Waals surface area contributed by atoms with Gasteiger partial charge in [-0.1, -0.05) is 4.98 Å². The summed E-state index contributed by atoms with van der Waals surface area (Å²) in [5, 5.41) is 0.503. The minimum Gasteiger partial charge on any atom is -1.00 e. The molecule has 0 aliphatic rings. The molecule has 7 heteroatoms. The van der Waals surface area contributed by atoms with Crippen molar-refractivity contribution in [2.45, 2.75) is 13.8 Å². The number of anilines is 1. The van der Waals surface area contributed by atoms with Gasteiger partial charge in [0.15, 0.2) is 5.52 Å². The van der Waals surface area contributed by atoms with Crippen LogP contribution < -0.4 is 28.7 Å². The molecule has 0 spiro atoms. The molecular formula is C11H12ClN5S. The number of benzene rings is 1. The van der Waals surface area contributed by atoms with E-state index in [1.54, 1.807) is 0 Å². The molecule has 1 aromatic carbocycles. The zero-order valence-electron chi connectivity index (χ0n) is 9.94. The molecule has 0 radical (unpaired) electrons. The van der Waals surface area contributed by atoms with E-state index in [1.807, 2.05) is 12.1 Å². The van der Waals surface area contributed by atoms with E-state index in [9.17, 15) is 0 Å². The molecule has 0 aliphatic carbocycles. The van der Waals surface area contributed by atoms with Crippen LogP contribution in [0, 0.1) is 13.8 Å². The maximum Gasteiger partial charge on any atom is 0.322 e. The summed E-state index contributed by atoms with van der Waals surface area (Å²) < 4.78 is 1.38. The molecule has 3 aromatic rings. The molecule has 5 nitrogen and oxygen atoms in total. The average molecular weight is 282 g/mol. The Hall–Kier alpha value is -1.66. The number of aryl methyl sites for hydroxylation is 2. The van der Waals surface area contributed by atoms with Gasteiger partial charge in [-0.05, 0) is 48.4 Å². The van der Waals surface area contributed by atoms with Crippen molar-refractivity contribution in [3.05, 3.63) is 23.3 Å². The van der Waals surface area contributed by atoms with Gasteiger partial charge in [0, 0.05) is 0 Å². The molecule has 4 N–H and O–H groups in total. The third kappa shape index (κ3) is 1.74. The third-order valence-electron chi connectivity index (χ3n) is 2.90. The topological polar surface area (TPSA) is 81.7 Å². The molecule has 0 amide bonds. The van der Waals surface area contributed by atoms with Gasteiger partial charge in [0.25, 0.3) is 0 Å². The van der Waals surface area contributed by atoms with Gasteiger partial charge in [0.2, 0.25) is 4.83 Å². The van der Waals surface area contributed by atoms with Gasteiger partial charge >= 0.3 is 10.8 Å². The zero-order chi connectivity index (χ0) is 12.2. The number of hydrogen-bond donors (Lipinski definition) is 2. The smallest absolute Gasteiger partial charge is 0.322 e. The standard InChI is InChI=1S/C11H11N5S.ClH/c1-5-3-7-8(4-6(5)2)15-10-9(14-7)16(13)11(12)17-10;/h3-4,12H,13H2,1-2H3;1H. The first-order chi connectivity index (χ1) is 8.06. The van der Waals surface area contributed by atoms with Crippen LogP contribution in [0.25, 0.3) is 21.5 Å². The fraction of sp³-hybridized carbons (Fsp3) is 0.182. The Morgan fingerprint density at radius 2 is 1.67 bits per heavy atom. The van der Waals surface area contributed by atoms with Gasteiger partial charge < -0.3 is 18.1 Å². The van der Waals surface area contributed by atoms with Crippen molar-refractivity contribution >= 4 is 38.0 Å². The second-order valence-corrected chi connectivity index (χ2v) is 5.10. The molecular weight excluding hydrogens is 270 g/mol. The molecule has 0 atom stereocenters. The van der Waals surface area contributed by atoms with Gasteiger partial charge in [-0.15, -0.1) is 4.68 Å². The van der Waals surface area contributed by atoms with Crippen LogP contribution >= 0.6 is 11.3 Å². The van der Waals surface area contributed by atoms with Crippen LogP contribution in [0.4, 0.5) is 5.13 Å². The number of thiazole rings is 1. The Morgan fingerprint density at radius 3 is 2.28 bits per heavy atom. The van der Waals surface area contributed by atoms with E-state index < -0.39 is 0 Å². The largest absolute Gasteiger partial charge is 1.00 e. The highest BCUT2D eigenvalue weighted by atomic mass is 35.5. The Balaban J connectivity index is 0.00000120. The van der Waals surface area contributed by atoms with Crippen LogP contribution in [0.3, 0.4) is 0 Å².